The molecule has 0 aliphatic rings. The van der Waals surface area contributed by atoms with Crippen molar-refractivity contribution >= 4 is 17.3 Å². The average molecular weight is 278 g/mol. The minimum absolute atomic E-state index is 0.271. The van der Waals surface area contributed by atoms with Crippen molar-refractivity contribution in [1.29, 1.82) is 5.26 Å². The third kappa shape index (κ3) is 3.67. The Morgan fingerprint density at radius 3 is 2.95 bits per heavy atom. The Bertz CT molecular complexity index is 703. The summed E-state index contributed by atoms with van der Waals surface area (Å²) in [6.45, 7) is 3.93. The fourth-order valence-electron chi connectivity index (χ4n) is 1.73. The Balaban J connectivity index is 2.20. The van der Waals surface area contributed by atoms with E-state index >= 15 is 0 Å². The standard InChI is InChI=1S/C16H14N4O/c1-2-8-19-16(21)15-10-13(7-9-18-15)20-14-6-4-3-5-12(14)11-17/h2-7,9-10H,1,8H2,(H,18,20)(H,19,21). The number of carbonyl (C=O) groups excluding carboxylic acids is 1. The average Bonchev–Trinajstić information content (AvgIpc) is 2.53. The number of aromatic nitrogens is 1. The number of rotatable bonds is 5. The molecule has 0 spiro atoms. The van der Waals surface area contributed by atoms with E-state index in [0.29, 0.717) is 29.2 Å². The third-order valence-electron chi connectivity index (χ3n) is 2.73. The summed E-state index contributed by atoms with van der Waals surface area (Å²) in [7, 11) is 0. The maximum Gasteiger partial charge on any atom is 0.270 e. The van der Waals surface area contributed by atoms with E-state index in [1.807, 2.05) is 6.07 Å². The first-order valence-corrected chi connectivity index (χ1v) is 6.36. The SMILES string of the molecule is C=CCNC(=O)c1cc(Nc2ccccc2C#N)ccn1. The number of para-hydroxylation sites is 1. The molecule has 0 fully saturated rings. The molecule has 1 amide bonds. The van der Waals surface area contributed by atoms with Gasteiger partial charge < -0.3 is 10.6 Å². The predicted octanol–water partition coefficient (Wildman–Crippen LogP) is 2.61. The van der Waals surface area contributed by atoms with Crippen LogP contribution >= 0.6 is 0 Å². The Morgan fingerprint density at radius 1 is 1.38 bits per heavy atom. The van der Waals surface area contributed by atoms with Gasteiger partial charge in [-0.25, -0.2) is 0 Å². The van der Waals surface area contributed by atoms with Crippen LogP contribution in [-0.4, -0.2) is 17.4 Å². The van der Waals surface area contributed by atoms with Crippen LogP contribution in [0.5, 0.6) is 0 Å². The fraction of sp³-hybridized carbons (Fsp3) is 0.0625. The van der Waals surface area contributed by atoms with Crippen molar-refractivity contribution in [1.82, 2.24) is 10.3 Å². The third-order valence-corrected chi connectivity index (χ3v) is 2.73. The highest BCUT2D eigenvalue weighted by molar-refractivity contribution is 5.93. The molecule has 1 aromatic heterocycles. The van der Waals surface area contributed by atoms with E-state index in [0.717, 1.165) is 0 Å². The Hall–Kier alpha value is -3.13. The molecule has 2 rings (SSSR count). The Labute approximate surface area is 122 Å². The first-order valence-electron chi connectivity index (χ1n) is 6.36. The lowest BCUT2D eigenvalue weighted by Gasteiger charge is -2.09. The van der Waals surface area contributed by atoms with Crippen LogP contribution in [0.15, 0.2) is 55.3 Å². The second-order valence-electron chi connectivity index (χ2n) is 4.21. The van der Waals surface area contributed by atoms with E-state index in [-0.39, 0.29) is 5.91 Å². The summed E-state index contributed by atoms with van der Waals surface area (Å²) in [5.74, 6) is -0.271. The van der Waals surface area contributed by atoms with Crippen LogP contribution < -0.4 is 10.6 Å². The quantitative estimate of drug-likeness (QED) is 0.824. The number of nitrogens with one attached hydrogen (secondary N) is 2. The molecule has 1 aromatic carbocycles. The highest BCUT2D eigenvalue weighted by Crippen LogP contribution is 2.20. The van der Waals surface area contributed by atoms with Gasteiger partial charge in [0.15, 0.2) is 0 Å². The molecule has 104 valence electrons. The second-order valence-corrected chi connectivity index (χ2v) is 4.21. The highest BCUT2D eigenvalue weighted by atomic mass is 16.1. The topological polar surface area (TPSA) is 77.8 Å². The largest absolute Gasteiger partial charge is 0.354 e. The van der Waals surface area contributed by atoms with Gasteiger partial charge in [-0.3, -0.25) is 9.78 Å². The van der Waals surface area contributed by atoms with Gasteiger partial charge in [0.2, 0.25) is 0 Å². The van der Waals surface area contributed by atoms with Crippen molar-refractivity contribution in [2.45, 2.75) is 0 Å². The van der Waals surface area contributed by atoms with Gasteiger partial charge in [-0.2, -0.15) is 5.26 Å². The number of pyridine rings is 1. The molecule has 5 nitrogen and oxygen atoms in total. The number of hydrogen-bond acceptors (Lipinski definition) is 4. The predicted molar refractivity (Wildman–Crippen MR) is 81.2 cm³/mol. The van der Waals surface area contributed by atoms with Crippen LogP contribution in [0, 0.1) is 11.3 Å². The number of benzene rings is 1. The summed E-state index contributed by atoms with van der Waals surface area (Å²) < 4.78 is 0. The monoisotopic (exact) mass is 278 g/mol. The molecular formula is C16H14N4O. The Morgan fingerprint density at radius 2 is 2.19 bits per heavy atom. The molecule has 0 saturated carbocycles. The summed E-state index contributed by atoms with van der Waals surface area (Å²) in [5.41, 5.74) is 2.21. The summed E-state index contributed by atoms with van der Waals surface area (Å²) in [5, 5.41) is 14.8. The molecule has 2 aromatic rings. The lowest BCUT2D eigenvalue weighted by atomic mass is 10.2. The van der Waals surface area contributed by atoms with E-state index < -0.39 is 0 Å². The van der Waals surface area contributed by atoms with Crippen LogP contribution in [-0.2, 0) is 0 Å². The molecule has 0 saturated heterocycles. The molecule has 0 unspecified atom stereocenters. The van der Waals surface area contributed by atoms with Crippen LogP contribution in [0.2, 0.25) is 0 Å². The zero-order valence-corrected chi connectivity index (χ0v) is 11.3. The molecular weight excluding hydrogens is 264 g/mol. The van der Waals surface area contributed by atoms with Gasteiger partial charge in [0.05, 0.1) is 11.3 Å². The van der Waals surface area contributed by atoms with Crippen molar-refractivity contribution in [3.05, 3.63) is 66.5 Å². The molecule has 0 bridgehead atoms. The van der Waals surface area contributed by atoms with Crippen LogP contribution in [0.1, 0.15) is 16.1 Å². The summed E-state index contributed by atoms with van der Waals surface area (Å²) in [6.07, 6.45) is 3.14. The maximum absolute atomic E-state index is 11.8. The molecule has 0 aliphatic heterocycles. The Kier molecular flexibility index (Phi) is 4.67. The highest BCUT2D eigenvalue weighted by Gasteiger charge is 2.07. The van der Waals surface area contributed by atoms with E-state index in [9.17, 15) is 4.79 Å². The lowest BCUT2D eigenvalue weighted by Crippen LogP contribution is -2.24. The van der Waals surface area contributed by atoms with Crippen molar-refractivity contribution in [2.75, 3.05) is 11.9 Å². The van der Waals surface area contributed by atoms with Crippen LogP contribution in [0.25, 0.3) is 0 Å². The van der Waals surface area contributed by atoms with Crippen molar-refractivity contribution in [3.63, 3.8) is 0 Å². The van der Waals surface area contributed by atoms with Gasteiger partial charge in [0.25, 0.3) is 5.91 Å². The fourth-order valence-corrected chi connectivity index (χ4v) is 1.73. The van der Waals surface area contributed by atoms with E-state index in [1.165, 1.54) is 0 Å². The molecule has 5 heteroatoms. The zero-order valence-electron chi connectivity index (χ0n) is 11.3. The van der Waals surface area contributed by atoms with Crippen LogP contribution in [0.4, 0.5) is 11.4 Å². The summed E-state index contributed by atoms with van der Waals surface area (Å²) in [6, 6.07) is 12.6. The van der Waals surface area contributed by atoms with Crippen molar-refractivity contribution in [3.8, 4) is 6.07 Å². The van der Waals surface area contributed by atoms with E-state index in [4.69, 9.17) is 5.26 Å². The number of amides is 1. The first kappa shape index (κ1) is 14.3. The number of hydrogen-bond donors (Lipinski definition) is 2. The molecule has 0 radical (unpaired) electrons. The summed E-state index contributed by atoms with van der Waals surface area (Å²) >= 11 is 0. The number of nitrogens with zero attached hydrogens (tertiary/aromatic N) is 2. The van der Waals surface area contributed by atoms with E-state index in [1.54, 1.807) is 42.6 Å². The lowest BCUT2D eigenvalue weighted by molar-refractivity contribution is 0.0953. The number of carbonyl (C=O) groups is 1. The minimum atomic E-state index is -0.271. The van der Waals surface area contributed by atoms with Gasteiger partial charge in [0.1, 0.15) is 11.8 Å². The van der Waals surface area contributed by atoms with Crippen molar-refractivity contribution in [2.24, 2.45) is 0 Å². The van der Waals surface area contributed by atoms with Gasteiger partial charge in [-0.1, -0.05) is 18.2 Å². The first-order chi connectivity index (χ1) is 10.2. The molecule has 21 heavy (non-hydrogen) atoms. The molecule has 1 heterocycles. The van der Waals surface area contributed by atoms with Gasteiger partial charge in [0, 0.05) is 18.4 Å². The maximum atomic E-state index is 11.8. The van der Waals surface area contributed by atoms with Gasteiger partial charge in [-0.05, 0) is 24.3 Å². The molecule has 0 atom stereocenters. The second kappa shape index (κ2) is 6.87. The molecule has 2 N–H and O–H groups in total. The summed E-state index contributed by atoms with van der Waals surface area (Å²) in [4.78, 5) is 15.9. The number of anilines is 2. The number of nitriles is 1. The van der Waals surface area contributed by atoms with Gasteiger partial charge >= 0.3 is 0 Å². The minimum Gasteiger partial charge on any atom is -0.354 e. The van der Waals surface area contributed by atoms with E-state index in [2.05, 4.69) is 28.3 Å². The normalized spacial score (nSPS) is 9.48. The van der Waals surface area contributed by atoms with Crippen molar-refractivity contribution < 1.29 is 4.79 Å². The smallest absolute Gasteiger partial charge is 0.270 e. The molecule has 0 aliphatic carbocycles. The zero-order chi connectivity index (χ0) is 15.1. The van der Waals surface area contributed by atoms with Crippen LogP contribution in [0.3, 0.4) is 0 Å². The van der Waals surface area contributed by atoms with Gasteiger partial charge in [-0.15, -0.1) is 6.58 Å².